The summed E-state index contributed by atoms with van der Waals surface area (Å²) in [4.78, 5) is 32.5. The zero-order valence-electron chi connectivity index (χ0n) is 21.2. The number of piperidine rings is 2. The maximum atomic E-state index is 13.9. The molecule has 1 unspecified atom stereocenters. The minimum absolute atomic E-state index is 0.162. The Morgan fingerprint density at radius 2 is 1.58 bits per heavy atom. The third kappa shape index (κ3) is 5.76. The third-order valence-corrected chi connectivity index (χ3v) is 8.01. The first-order valence-electron chi connectivity index (χ1n) is 12.8. The van der Waals surface area contributed by atoms with Crippen molar-refractivity contribution in [2.24, 2.45) is 11.8 Å². The van der Waals surface area contributed by atoms with Crippen LogP contribution in [0.25, 0.3) is 0 Å². The smallest absolute Gasteiger partial charge is 0.369 e. The number of nitrogens with zero attached hydrogens (tertiary/aromatic N) is 3. The summed E-state index contributed by atoms with van der Waals surface area (Å²) < 4.78 is 41.7. The van der Waals surface area contributed by atoms with Crippen LogP contribution in [0, 0.1) is 11.8 Å². The topological polar surface area (TPSA) is 85.8 Å². The first-order valence-corrected chi connectivity index (χ1v) is 13.2. The number of hydrogen-bond acceptors (Lipinski definition) is 5. The van der Waals surface area contributed by atoms with Gasteiger partial charge in [-0.05, 0) is 56.1 Å². The van der Waals surface area contributed by atoms with Crippen molar-refractivity contribution in [3.63, 3.8) is 0 Å². The maximum absolute atomic E-state index is 13.9. The zero-order valence-corrected chi connectivity index (χ0v) is 21.9. The fourth-order valence-electron chi connectivity index (χ4n) is 5.46. The average molecular weight is 553 g/mol. The Morgan fingerprint density at radius 3 is 2.11 bits per heavy atom. The highest BCUT2D eigenvalue weighted by Gasteiger charge is 2.62. The molecular formula is C27H32ClF3N4O3. The SMILES string of the molecule is CNC(=O)c1ccc(N2CCC(CC3CCN(C(=O)C(O)(c4ccccc4)C(F)(F)F)CC3)CC2)nc1Cl. The van der Waals surface area contributed by atoms with E-state index in [0.29, 0.717) is 30.2 Å². The second kappa shape index (κ2) is 11.5. The van der Waals surface area contributed by atoms with E-state index in [-0.39, 0.29) is 24.1 Å². The Morgan fingerprint density at radius 1 is 1.00 bits per heavy atom. The molecule has 38 heavy (non-hydrogen) atoms. The van der Waals surface area contributed by atoms with Crippen LogP contribution in [0.1, 0.15) is 48.0 Å². The molecule has 11 heteroatoms. The van der Waals surface area contributed by atoms with Gasteiger partial charge in [0.25, 0.3) is 17.4 Å². The quantitative estimate of drug-likeness (QED) is 0.519. The van der Waals surface area contributed by atoms with Gasteiger partial charge >= 0.3 is 6.18 Å². The van der Waals surface area contributed by atoms with Crippen LogP contribution in [-0.4, -0.2) is 66.2 Å². The predicted molar refractivity (Wildman–Crippen MR) is 138 cm³/mol. The number of halogens is 4. The van der Waals surface area contributed by atoms with Crippen molar-refractivity contribution in [2.45, 2.75) is 43.9 Å². The molecule has 7 nitrogen and oxygen atoms in total. The molecule has 0 radical (unpaired) electrons. The molecule has 3 heterocycles. The van der Waals surface area contributed by atoms with Crippen LogP contribution >= 0.6 is 11.6 Å². The van der Waals surface area contributed by atoms with Gasteiger partial charge in [-0.2, -0.15) is 13.2 Å². The molecule has 2 saturated heterocycles. The van der Waals surface area contributed by atoms with Gasteiger partial charge in [0.05, 0.1) is 5.56 Å². The van der Waals surface area contributed by atoms with Gasteiger partial charge < -0.3 is 20.2 Å². The summed E-state index contributed by atoms with van der Waals surface area (Å²) >= 11 is 6.20. The van der Waals surface area contributed by atoms with Gasteiger partial charge in [0, 0.05) is 38.8 Å². The molecule has 0 aliphatic carbocycles. The van der Waals surface area contributed by atoms with E-state index in [1.54, 1.807) is 12.1 Å². The summed E-state index contributed by atoms with van der Waals surface area (Å²) in [5.41, 5.74) is -3.69. The Labute approximate surface area is 225 Å². The van der Waals surface area contributed by atoms with Crippen molar-refractivity contribution in [2.75, 3.05) is 38.1 Å². The van der Waals surface area contributed by atoms with E-state index in [1.807, 2.05) is 0 Å². The Bertz CT molecular complexity index is 1130. The largest absolute Gasteiger partial charge is 0.430 e. The molecule has 2 N–H and O–H groups in total. The first-order chi connectivity index (χ1) is 18.0. The third-order valence-electron chi connectivity index (χ3n) is 7.72. The van der Waals surface area contributed by atoms with Crippen molar-refractivity contribution in [3.8, 4) is 0 Å². The number of nitrogens with one attached hydrogen (secondary N) is 1. The molecule has 1 aromatic heterocycles. The van der Waals surface area contributed by atoms with Crippen LogP contribution in [-0.2, 0) is 10.4 Å². The summed E-state index contributed by atoms with van der Waals surface area (Å²) in [5, 5.41) is 13.3. The first kappa shape index (κ1) is 28.2. The number of likely N-dealkylation sites (tertiary alicyclic amines) is 1. The van der Waals surface area contributed by atoms with Crippen LogP contribution in [0.5, 0.6) is 0 Å². The van der Waals surface area contributed by atoms with Crippen molar-refractivity contribution < 1.29 is 27.9 Å². The molecule has 2 amide bonds. The summed E-state index contributed by atoms with van der Waals surface area (Å²) in [6.07, 6.45) is -1.09. The maximum Gasteiger partial charge on any atom is 0.430 e. The lowest BCUT2D eigenvalue weighted by molar-refractivity contribution is -0.262. The number of pyridine rings is 1. The number of carbonyl (C=O) groups is 2. The molecular weight excluding hydrogens is 521 g/mol. The number of rotatable bonds is 6. The minimum atomic E-state index is -5.13. The molecule has 0 spiro atoms. The van der Waals surface area contributed by atoms with Crippen molar-refractivity contribution in [1.82, 2.24) is 15.2 Å². The Kier molecular flexibility index (Phi) is 8.52. The number of aromatic nitrogens is 1. The summed E-state index contributed by atoms with van der Waals surface area (Å²) in [6.45, 7) is 1.96. The molecule has 1 aromatic carbocycles. The molecule has 0 saturated carbocycles. The second-order valence-corrected chi connectivity index (χ2v) is 10.4. The molecule has 0 bridgehead atoms. The normalized spacial score (nSPS) is 19.2. The number of carbonyl (C=O) groups excluding carboxylic acids is 2. The van der Waals surface area contributed by atoms with E-state index in [1.165, 1.54) is 25.2 Å². The Balaban J connectivity index is 1.29. The molecule has 2 fully saturated rings. The fourth-order valence-corrected chi connectivity index (χ4v) is 5.70. The van der Waals surface area contributed by atoms with Gasteiger partial charge in [-0.25, -0.2) is 4.98 Å². The van der Waals surface area contributed by atoms with Crippen LogP contribution in [0.2, 0.25) is 5.15 Å². The van der Waals surface area contributed by atoms with E-state index in [2.05, 4.69) is 15.2 Å². The molecule has 2 aliphatic rings. The summed E-state index contributed by atoms with van der Waals surface area (Å²) in [5.74, 6) is -0.0926. The van der Waals surface area contributed by atoms with E-state index >= 15 is 0 Å². The lowest BCUT2D eigenvalue weighted by Crippen LogP contribution is -2.57. The van der Waals surface area contributed by atoms with Gasteiger partial charge in [-0.15, -0.1) is 0 Å². The predicted octanol–water partition coefficient (Wildman–Crippen LogP) is 4.39. The molecule has 2 aliphatic heterocycles. The molecule has 206 valence electrons. The van der Waals surface area contributed by atoms with Crippen molar-refractivity contribution in [1.29, 1.82) is 0 Å². The fraction of sp³-hybridized carbons (Fsp3) is 0.519. The number of amides is 2. The van der Waals surface area contributed by atoms with Gasteiger partial charge in [0.1, 0.15) is 11.0 Å². The van der Waals surface area contributed by atoms with Crippen LogP contribution < -0.4 is 10.2 Å². The number of aliphatic hydroxyl groups is 1. The number of alkyl halides is 3. The van der Waals surface area contributed by atoms with Crippen LogP contribution in [0.3, 0.4) is 0 Å². The highest BCUT2D eigenvalue weighted by Crippen LogP contribution is 2.41. The van der Waals surface area contributed by atoms with E-state index in [9.17, 15) is 27.9 Å². The average Bonchev–Trinajstić information content (AvgIpc) is 2.92. The van der Waals surface area contributed by atoms with Gasteiger partial charge in [-0.1, -0.05) is 41.9 Å². The van der Waals surface area contributed by atoms with Crippen molar-refractivity contribution in [3.05, 3.63) is 58.7 Å². The highest BCUT2D eigenvalue weighted by molar-refractivity contribution is 6.32. The van der Waals surface area contributed by atoms with Gasteiger partial charge in [-0.3, -0.25) is 9.59 Å². The van der Waals surface area contributed by atoms with Crippen molar-refractivity contribution >= 4 is 29.2 Å². The number of hydrogen-bond donors (Lipinski definition) is 2. The second-order valence-electron chi connectivity index (χ2n) is 10.1. The summed E-state index contributed by atoms with van der Waals surface area (Å²) in [7, 11) is 1.53. The minimum Gasteiger partial charge on any atom is -0.369 e. The summed E-state index contributed by atoms with van der Waals surface area (Å²) in [6, 6.07) is 10.0. The van der Waals surface area contributed by atoms with E-state index < -0.39 is 23.2 Å². The highest BCUT2D eigenvalue weighted by atomic mass is 35.5. The van der Waals surface area contributed by atoms with Crippen LogP contribution in [0.15, 0.2) is 42.5 Å². The molecule has 2 aromatic rings. The van der Waals surface area contributed by atoms with Gasteiger partial charge in [0.2, 0.25) is 0 Å². The lowest BCUT2D eigenvalue weighted by atomic mass is 9.82. The van der Waals surface area contributed by atoms with E-state index in [0.717, 1.165) is 55.2 Å². The van der Waals surface area contributed by atoms with Crippen LogP contribution in [0.4, 0.5) is 19.0 Å². The number of benzene rings is 1. The zero-order chi connectivity index (χ0) is 27.5. The monoisotopic (exact) mass is 552 g/mol. The molecule has 4 rings (SSSR count). The Hall–Kier alpha value is -2.85. The van der Waals surface area contributed by atoms with E-state index in [4.69, 9.17) is 11.6 Å². The van der Waals surface area contributed by atoms with Gasteiger partial charge in [0.15, 0.2) is 0 Å². The molecule has 1 atom stereocenters. The standard InChI is InChI=1S/C27H32ClF3N4O3/c1-32-24(36)21-7-8-22(33-23(21)28)34-13-9-18(10-14-34)17-19-11-15-35(16-12-19)25(37)26(38,27(29,30)31)20-5-3-2-4-6-20/h2-8,18-19,38H,9-17H2,1H3,(H,32,36). The number of anilines is 1. The lowest BCUT2D eigenvalue weighted by Gasteiger charge is -2.40.